The number of aryl methyl sites for hydroxylation is 3. The van der Waals surface area contributed by atoms with Crippen LogP contribution in [0.5, 0.6) is 0 Å². The van der Waals surface area contributed by atoms with Gasteiger partial charge in [-0.05, 0) is 122 Å². The second kappa shape index (κ2) is 15.0. The van der Waals surface area contributed by atoms with Crippen molar-refractivity contribution in [3.05, 3.63) is 239 Å². The lowest BCUT2D eigenvalue weighted by atomic mass is 9.78. The molecule has 1 heterocycles. The van der Waals surface area contributed by atoms with E-state index in [4.69, 9.17) is 4.99 Å². The Labute approximate surface area is 336 Å². The van der Waals surface area contributed by atoms with Crippen LogP contribution in [0.2, 0.25) is 0 Å². The Morgan fingerprint density at radius 2 is 1.12 bits per heavy atom. The summed E-state index contributed by atoms with van der Waals surface area (Å²) in [6, 6.07) is 64.1. The number of allylic oxidation sites excluding steroid dienone is 3. The molecular formula is C55H44N2. The number of fused-ring (bicyclic) bond motifs is 3. The molecule has 0 radical (unpaired) electrons. The van der Waals surface area contributed by atoms with Gasteiger partial charge in [0, 0.05) is 11.6 Å². The van der Waals surface area contributed by atoms with Crippen LogP contribution in [-0.2, 0) is 12.8 Å². The highest BCUT2D eigenvalue weighted by Gasteiger charge is 2.28. The summed E-state index contributed by atoms with van der Waals surface area (Å²) >= 11 is 0. The van der Waals surface area contributed by atoms with Crippen LogP contribution in [0.3, 0.4) is 0 Å². The fraction of sp³-hybridized carbons (Fsp3) is 0.109. The molecule has 2 nitrogen and oxygen atoms in total. The molecule has 0 fully saturated rings. The van der Waals surface area contributed by atoms with Gasteiger partial charge in [0.05, 0.1) is 5.71 Å². The van der Waals surface area contributed by atoms with Gasteiger partial charge in [-0.25, -0.2) is 0 Å². The number of hydrogen-bond acceptors (Lipinski definition) is 2. The first kappa shape index (κ1) is 34.7. The van der Waals surface area contributed by atoms with E-state index in [1.165, 1.54) is 72.3 Å². The maximum atomic E-state index is 5.50. The third-order valence-corrected chi connectivity index (χ3v) is 12.0. The smallest absolute Gasteiger partial charge is 0.145 e. The van der Waals surface area contributed by atoms with Crippen molar-refractivity contribution in [3.8, 4) is 33.4 Å². The van der Waals surface area contributed by atoms with Gasteiger partial charge in [0.15, 0.2) is 0 Å². The lowest BCUT2D eigenvalue weighted by Gasteiger charge is -2.31. The third kappa shape index (κ3) is 6.89. The van der Waals surface area contributed by atoms with Crippen LogP contribution >= 0.6 is 0 Å². The molecular weight excluding hydrogens is 689 g/mol. The van der Waals surface area contributed by atoms with Crippen molar-refractivity contribution < 1.29 is 0 Å². The Morgan fingerprint density at radius 3 is 1.88 bits per heavy atom. The Hall–Kier alpha value is -6.77. The van der Waals surface area contributed by atoms with Crippen molar-refractivity contribution in [2.75, 3.05) is 0 Å². The summed E-state index contributed by atoms with van der Waals surface area (Å²) in [5, 5.41) is 3.93. The number of rotatable bonds is 7. The number of hydrogen-bond donors (Lipinski definition) is 1. The van der Waals surface area contributed by atoms with E-state index in [1.54, 1.807) is 0 Å². The van der Waals surface area contributed by atoms with Crippen LogP contribution < -0.4 is 5.32 Å². The highest BCUT2D eigenvalue weighted by Crippen LogP contribution is 2.43. The monoisotopic (exact) mass is 732 g/mol. The maximum absolute atomic E-state index is 5.50. The minimum Gasteiger partial charge on any atom is -0.360 e. The molecule has 2 unspecified atom stereocenters. The largest absolute Gasteiger partial charge is 0.360 e. The molecule has 3 aliphatic rings. The van der Waals surface area contributed by atoms with E-state index in [0.29, 0.717) is 0 Å². The van der Waals surface area contributed by atoms with Gasteiger partial charge in [-0.2, -0.15) is 0 Å². The predicted octanol–water partition coefficient (Wildman–Crippen LogP) is 13.1. The van der Waals surface area contributed by atoms with E-state index in [1.807, 2.05) is 0 Å². The molecule has 2 heteroatoms. The first-order valence-corrected chi connectivity index (χ1v) is 20.2. The number of nitrogens with one attached hydrogen (secondary N) is 1. The summed E-state index contributed by atoms with van der Waals surface area (Å²) in [7, 11) is 0. The van der Waals surface area contributed by atoms with Crippen molar-refractivity contribution in [1.82, 2.24) is 5.32 Å². The van der Waals surface area contributed by atoms with Gasteiger partial charge in [0.25, 0.3) is 0 Å². The topological polar surface area (TPSA) is 24.4 Å². The summed E-state index contributed by atoms with van der Waals surface area (Å²) in [4.78, 5) is 5.50. The van der Waals surface area contributed by atoms with E-state index in [0.717, 1.165) is 41.8 Å². The minimum absolute atomic E-state index is 0.219. The Morgan fingerprint density at radius 1 is 0.509 bits per heavy atom. The summed E-state index contributed by atoms with van der Waals surface area (Å²) in [6.45, 7) is 2.22. The molecule has 1 aliphatic heterocycles. The minimum atomic E-state index is -0.276. The van der Waals surface area contributed by atoms with Crippen molar-refractivity contribution in [1.29, 1.82) is 0 Å². The van der Waals surface area contributed by atoms with E-state index >= 15 is 0 Å². The van der Waals surface area contributed by atoms with Gasteiger partial charge < -0.3 is 5.32 Å². The maximum Gasteiger partial charge on any atom is 0.145 e. The zero-order valence-corrected chi connectivity index (χ0v) is 32.2. The molecule has 0 bridgehead atoms. The molecule has 2 aliphatic carbocycles. The molecule has 0 amide bonds. The summed E-state index contributed by atoms with van der Waals surface area (Å²) in [6.07, 6.45) is 9.75. The first-order chi connectivity index (χ1) is 28.1. The molecule has 57 heavy (non-hydrogen) atoms. The van der Waals surface area contributed by atoms with Crippen molar-refractivity contribution in [2.45, 2.75) is 38.3 Å². The molecule has 7 aromatic carbocycles. The fourth-order valence-electron chi connectivity index (χ4n) is 8.89. The Bertz CT molecular complexity index is 2720. The van der Waals surface area contributed by atoms with Gasteiger partial charge in [-0.15, -0.1) is 0 Å². The van der Waals surface area contributed by atoms with Crippen LogP contribution in [0.1, 0.15) is 51.3 Å². The van der Waals surface area contributed by atoms with E-state index in [-0.39, 0.29) is 12.1 Å². The summed E-state index contributed by atoms with van der Waals surface area (Å²) in [5.74, 6) is 0.219. The Balaban J connectivity index is 1.09. The fourth-order valence-corrected chi connectivity index (χ4v) is 8.89. The average Bonchev–Trinajstić information content (AvgIpc) is 3.29. The number of nitrogens with zero attached hydrogens (tertiary/aromatic N) is 1. The van der Waals surface area contributed by atoms with Gasteiger partial charge in [-0.3, -0.25) is 4.99 Å². The summed E-state index contributed by atoms with van der Waals surface area (Å²) in [5.41, 5.74) is 21.3. The zero-order chi connectivity index (χ0) is 38.1. The average molecular weight is 733 g/mol. The quantitative estimate of drug-likeness (QED) is 0.173. The highest BCUT2D eigenvalue weighted by atomic mass is 15.1. The molecule has 0 saturated carbocycles. The van der Waals surface area contributed by atoms with E-state index < -0.39 is 0 Å². The Kier molecular flexibility index (Phi) is 9.16. The van der Waals surface area contributed by atoms with Gasteiger partial charge in [0.1, 0.15) is 6.17 Å². The second-order valence-electron chi connectivity index (χ2n) is 15.5. The van der Waals surface area contributed by atoms with Crippen LogP contribution in [0.4, 0.5) is 0 Å². The van der Waals surface area contributed by atoms with E-state index in [9.17, 15) is 0 Å². The third-order valence-electron chi connectivity index (χ3n) is 12.0. The standard InChI is InChI=1S/C55H44N2/c1-37-21-22-45(33-50(37)40-15-7-3-8-16-40)46-31-32-49(52(34-46)47-30-27-42-26-25-41-17-11-12-20-48(41)51(42)35-47)55-56-53(43-18-9-4-10-19-43)36-54(57-55)44-28-23-39(24-29-44)38-13-5-2-6-14-38/h2-24,27-33,35-36,46,55,57H,25-26,34H2,1H3. The lowest BCUT2D eigenvalue weighted by molar-refractivity contribution is 0.708. The van der Waals surface area contributed by atoms with E-state index in [2.05, 4.69) is 206 Å². The van der Waals surface area contributed by atoms with Crippen LogP contribution in [0.15, 0.2) is 205 Å². The van der Waals surface area contributed by atoms with Gasteiger partial charge in [-0.1, -0.05) is 182 Å². The van der Waals surface area contributed by atoms with Crippen molar-refractivity contribution in [3.63, 3.8) is 0 Å². The molecule has 274 valence electrons. The molecule has 7 aromatic rings. The highest BCUT2D eigenvalue weighted by molar-refractivity contribution is 6.13. The number of benzene rings is 7. The zero-order valence-electron chi connectivity index (χ0n) is 32.2. The second-order valence-corrected chi connectivity index (χ2v) is 15.5. The molecule has 1 N–H and O–H groups in total. The van der Waals surface area contributed by atoms with Gasteiger partial charge in [0.2, 0.25) is 0 Å². The number of aliphatic imine (C=N–C) groups is 1. The van der Waals surface area contributed by atoms with Gasteiger partial charge >= 0.3 is 0 Å². The molecule has 0 spiro atoms. The van der Waals surface area contributed by atoms with Crippen molar-refractivity contribution >= 4 is 17.0 Å². The van der Waals surface area contributed by atoms with Crippen LogP contribution in [-0.4, -0.2) is 11.9 Å². The molecule has 0 saturated heterocycles. The van der Waals surface area contributed by atoms with Crippen LogP contribution in [0.25, 0.3) is 44.7 Å². The SMILES string of the molecule is Cc1ccc(C2C=CC(C3N=C(c4ccccc4)C=C(c4ccc(-c5ccccc5)cc4)N3)=C(c3ccc4c(c3)-c3ccccc3CC4)C2)cc1-c1ccccc1. The molecule has 2 atom stereocenters. The molecule has 10 rings (SSSR count). The lowest BCUT2D eigenvalue weighted by Crippen LogP contribution is -2.33. The van der Waals surface area contributed by atoms with Crippen molar-refractivity contribution in [2.24, 2.45) is 4.99 Å². The predicted molar refractivity (Wildman–Crippen MR) is 239 cm³/mol. The first-order valence-electron chi connectivity index (χ1n) is 20.2. The van der Waals surface area contributed by atoms with Crippen LogP contribution in [0, 0.1) is 6.92 Å². The molecule has 0 aromatic heterocycles. The normalized spacial score (nSPS) is 17.2. The summed E-state index contributed by atoms with van der Waals surface area (Å²) < 4.78 is 0.